The van der Waals surface area contributed by atoms with Crippen LogP contribution < -0.4 is 14.8 Å². The summed E-state index contributed by atoms with van der Waals surface area (Å²) in [6.45, 7) is -0.603. The van der Waals surface area contributed by atoms with Crippen molar-refractivity contribution in [2.45, 2.75) is 26.4 Å². The number of carbonyl (C=O) groups is 1. The Morgan fingerprint density at radius 3 is 2.48 bits per heavy atom. The molecule has 2 rings (SSSR count). The van der Waals surface area contributed by atoms with E-state index in [2.05, 4.69) is 16.0 Å². The highest BCUT2D eigenvalue weighted by Crippen LogP contribution is 2.28. The van der Waals surface area contributed by atoms with E-state index in [0.717, 1.165) is 23.8 Å². The quantitative estimate of drug-likeness (QED) is 0.330. The third-order valence-corrected chi connectivity index (χ3v) is 4.44. The molecule has 0 aliphatic heterocycles. The molecule has 0 fully saturated rings. The van der Waals surface area contributed by atoms with Crippen LogP contribution in [0.3, 0.4) is 0 Å². The van der Waals surface area contributed by atoms with Gasteiger partial charge >= 0.3 is 6.61 Å². The molecule has 0 atom stereocenters. The second-order valence-corrected chi connectivity index (χ2v) is 6.46. The molecule has 0 spiro atoms. The number of hydrogen-bond donors (Lipinski definition) is 1. The SMILES string of the molecule is C#CCOc1ccc(CCNC(=O)/C(=C/OC(F)F)c2ccc(CC)cc2)cc1OC. The van der Waals surface area contributed by atoms with Crippen LogP contribution in [0.2, 0.25) is 0 Å². The summed E-state index contributed by atoms with van der Waals surface area (Å²) in [4.78, 5) is 12.6. The Hall–Kier alpha value is -3.53. The van der Waals surface area contributed by atoms with Crippen LogP contribution in [0.4, 0.5) is 8.78 Å². The number of benzene rings is 2. The lowest BCUT2D eigenvalue weighted by Gasteiger charge is -2.12. The standard InChI is InChI=1S/C24H25F2NO4/c1-4-14-30-21-11-8-18(15-22(21)29-3)12-13-27-23(28)20(16-31-24(25)26)19-9-6-17(5-2)7-10-19/h1,6-11,15-16,24H,5,12-14H2,2-3H3,(H,27,28)/b20-16+. The Labute approximate surface area is 181 Å². The highest BCUT2D eigenvalue weighted by atomic mass is 19.3. The molecule has 1 N–H and O–H groups in total. The van der Waals surface area contributed by atoms with E-state index in [1.165, 1.54) is 7.11 Å². The smallest absolute Gasteiger partial charge is 0.386 e. The lowest BCUT2D eigenvalue weighted by molar-refractivity contribution is -0.116. The Kier molecular flexibility index (Phi) is 9.37. The number of rotatable bonds is 11. The molecule has 7 heteroatoms. The van der Waals surface area contributed by atoms with Crippen LogP contribution >= 0.6 is 0 Å². The van der Waals surface area contributed by atoms with Gasteiger partial charge in [0.1, 0.15) is 12.9 Å². The number of amides is 1. The van der Waals surface area contributed by atoms with Crippen molar-refractivity contribution in [2.24, 2.45) is 0 Å². The third-order valence-electron chi connectivity index (χ3n) is 4.44. The maximum absolute atomic E-state index is 12.6. The van der Waals surface area contributed by atoms with E-state index in [1.54, 1.807) is 24.3 Å². The molecule has 31 heavy (non-hydrogen) atoms. The number of methoxy groups -OCH3 is 1. The fourth-order valence-corrected chi connectivity index (χ4v) is 2.81. The minimum atomic E-state index is -3.01. The van der Waals surface area contributed by atoms with Gasteiger partial charge in [-0.25, -0.2) is 0 Å². The topological polar surface area (TPSA) is 56.8 Å². The molecule has 0 unspecified atom stereocenters. The van der Waals surface area contributed by atoms with Crippen molar-refractivity contribution in [2.75, 3.05) is 20.3 Å². The molecule has 5 nitrogen and oxygen atoms in total. The van der Waals surface area contributed by atoms with Gasteiger partial charge in [0.05, 0.1) is 12.7 Å². The predicted octanol–water partition coefficient (Wildman–Crippen LogP) is 4.21. The highest BCUT2D eigenvalue weighted by Gasteiger charge is 2.14. The molecule has 164 valence electrons. The lowest BCUT2D eigenvalue weighted by Crippen LogP contribution is -2.27. The van der Waals surface area contributed by atoms with Gasteiger partial charge in [-0.3, -0.25) is 4.79 Å². The number of nitrogens with one attached hydrogen (secondary N) is 1. The van der Waals surface area contributed by atoms with Gasteiger partial charge in [0, 0.05) is 6.54 Å². The molecule has 0 radical (unpaired) electrons. The van der Waals surface area contributed by atoms with Crippen molar-refractivity contribution in [1.29, 1.82) is 0 Å². The summed E-state index contributed by atoms with van der Waals surface area (Å²) in [6.07, 6.45) is 7.32. The first-order valence-corrected chi connectivity index (χ1v) is 9.73. The molecule has 0 aliphatic rings. The van der Waals surface area contributed by atoms with Gasteiger partial charge in [0.25, 0.3) is 5.91 Å². The van der Waals surface area contributed by atoms with Crippen LogP contribution in [0.25, 0.3) is 5.57 Å². The Bertz CT molecular complexity index is 934. The molecule has 0 saturated carbocycles. The van der Waals surface area contributed by atoms with E-state index in [-0.39, 0.29) is 18.7 Å². The Balaban J connectivity index is 2.05. The second-order valence-electron chi connectivity index (χ2n) is 6.46. The highest BCUT2D eigenvalue weighted by molar-refractivity contribution is 6.19. The van der Waals surface area contributed by atoms with Crippen molar-refractivity contribution in [3.05, 3.63) is 65.4 Å². The summed E-state index contributed by atoms with van der Waals surface area (Å²) in [6, 6.07) is 12.5. The molecule has 0 bridgehead atoms. The number of halogens is 2. The van der Waals surface area contributed by atoms with Crippen LogP contribution in [-0.2, 0) is 22.4 Å². The van der Waals surface area contributed by atoms with Gasteiger partial charge in [0.15, 0.2) is 11.5 Å². The van der Waals surface area contributed by atoms with E-state index in [4.69, 9.17) is 15.9 Å². The number of aryl methyl sites for hydroxylation is 1. The van der Waals surface area contributed by atoms with Crippen LogP contribution in [0, 0.1) is 12.3 Å². The molecular formula is C24H25F2NO4. The number of hydrogen-bond acceptors (Lipinski definition) is 4. The van der Waals surface area contributed by atoms with Crippen LogP contribution in [0.5, 0.6) is 11.5 Å². The summed E-state index contributed by atoms with van der Waals surface area (Å²) in [7, 11) is 1.52. The van der Waals surface area contributed by atoms with Crippen molar-refractivity contribution in [3.8, 4) is 23.8 Å². The minimum Gasteiger partial charge on any atom is -0.493 e. The fraction of sp³-hybridized carbons (Fsp3) is 0.292. The normalized spacial score (nSPS) is 11.0. The number of ether oxygens (including phenoxy) is 3. The van der Waals surface area contributed by atoms with Crippen LogP contribution in [0.1, 0.15) is 23.6 Å². The van der Waals surface area contributed by atoms with Gasteiger partial charge in [-0.2, -0.15) is 8.78 Å². The molecule has 0 aliphatic carbocycles. The van der Waals surface area contributed by atoms with Crippen molar-refractivity contribution in [3.63, 3.8) is 0 Å². The van der Waals surface area contributed by atoms with Crippen molar-refractivity contribution >= 4 is 11.5 Å². The van der Waals surface area contributed by atoms with E-state index in [9.17, 15) is 13.6 Å². The molecular weight excluding hydrogens is 404 g/mol. The van der Waals surface area contributed by atoms with Crippen molar-refractivity contribution < 1.29 is 27.8 Å². The first kappa shape index (κ1) is 23.7. The van der Waals surface area contributed by atoms with Gasteiger partial charge in [-0.05, 0) is 41.7 Å². The zero-order valence-corrected chi connectivity index (χ0v) is 17.5. The molecule has 0 heterocycles. The first-order chi connectivity index (χ1) is 15.0. The predicted molar refractivity (Wildman–Crippen MR) is 115 cm³/mol. The van der Waals surface area contributed by atoms with Crippen LogP contribution in [0.15, 0.2) is 48.7 Å². The number of terminal acetylenes is 1. The Morgan fingerprint density at radius 2 is 1.87 bits per heavy atom. The summed E-state index contributed by atoms with van der Waals surface area (Å²) >= 11 is 0. The van der Waals surface area contributed by atoms with Crippen molar-refractivity contribution in [1.82, 2.24) is 5.32 Å². The summed E-state index contributed by atoms with van der Waals surface area (Å²) in [5.74, 6) is 2.93. The van der Waals surface area contributed by atoms with Gasteiger partial charge in [-0.15, -0.1) is 6.42 Å². The largest absolute Gasteiger partial charge is 0.493 e. The number of alkyl halides is 2. The van der Waals surface area contributed by atoms with E-state index in [1.807, 2.05) is 25.1 Å². The lowest BCUT2D eigenvalue weighted by atomic mass is 10.0. The fourth-order valence-electron chi connectivity index (χ4n) is 2.81. The average molecular weight is 429 g/mol. The average Bonchev–Trinajstić information content (AvgIpc) is 2.78. The van der Waals surface area contributed by atoms with Gasteiger partial charge in [-0.1, -0.05) is 43.2 Å². The van der Waals surface area contributed by atoms with E-state index < -0.39 is 12.5 Å². The summed E-state index contributed by atoms with van der Waals surface area (Å²) in [5, 5.41) is 2.74. The zero-order chi connectivity index (χ0) is 22.6. The Morgan fingerprint density at radius 1 is 1.16 bits per heavy atom. The van der Waals surface area contributed by atoms with E-state index >= 15 is 0 Å². The number of carbonyl (C=O) groups excluding carboxylic acids is 1. The summed E-state index contributed by atoms with van der Waals surface area (Å²) in [5.41, 5.74) is 2.49. The summed E-state index contributed by atoms with van der Waals surface area (Å²) < 4.78 is 40.0. The maximum Gasteiger partial charge on any atom is 0.386 e. The minimum absolute atomic E-state index is 0.0265. The first-order valence-electron chi connectivity index (χ1n) is 9.73. The zero-order valence-electron chi connectivity index (χ0n) is 17.5. The maximum atomic E-state index is 12.6. The molecule has 0 aromatic heterocycles. The second kappa shape index (κ2) is 12.2. The van der Waals surface area contributed by atoms with E-state index in [0.29, 0.717) is 23.5 Å². The third kappa shape index (κ3) is 7.34. The molecule has 2 aromatic rings. The molecule has 0 saturated heterocycles. The monoisotopic (exact) mass is 429 g/mol. The van der Waals surface area contributed by atoms with Gasteiger partial charge in [0.2, 0.25) is 0 Å². The molecule has 1 amide bonds. The van der Waals surface area contributed by atoms with Crippen LogP contribution in [-0.4, -0.2) is 32.8 Å². The van der Waals surface area contributed by atoms with Gasteiger partial charge < -0.3 is 19.5 Å². The molecule has 2 aromatic carbocycles.